The van der Waals surface area contributed by atoms with E-state index >= 15 is 0 Å². The fourth-order valence-electron chi connectivity index (χ4n) is 1.32. The van der Waals surface area contributed by atoms with Crippen LogP contribution in [0.2, 0.25) is 0 Å². The lowest BCUT2D eigenvalue weighted by Crippen LogP contribution is -2.14. The molecule has 96 valence electrons. The Morgan fingerprint density at radius 1 is 1.39 bits per heavy atom. The number of carbonyl (C=O) groups excluding carboxylic acids is 1. The van der Waals surface area contributed by atoms with Crippen LogP contribution in [0.1, 0.15) is 13.8 Å². The molecular weight excluding hydrogens is 234 g/mol. The second kappa shape index (κ2) is 6.44. The van der Waals surface area contributed by atoms with Crippen LogP contribution in [-0.4, -0.2) is 23.6 Å². The molecular formula is C13H15NO4. The number of carboxylic acid groups (broad SMARTS) is 1. The largest absolute Gasteiger partial charge is 0.492 e. The summed E-state index contributed by atoms with van der Waals surface area (Å²) in [4.78, 5) is 22.2. The van der Waals surface area contributed by atoms with Crippen LogP contribution in [0.25, 0.3) is 0 Å². The van der Waals surface area contributed by atoms with Crippen molar-refractivity contribution in [2.24, 2.45) is 0 Å². The van der Waals surface area contributed by atoms with E-state index in [1.165, 1.54) is 6.92 Å². The first-order valence-electron chi connectivity index (χ1n) is 5.49. The number of ether oxygens (including phenoxy) is 1. The summed E-state index contributed by atoms with van der Waals surface area (Å²) in [6.07, 6.45) is 0.860. The number of anilines is 1. The number of aliphatic carboxylic acids is 1. The van der Waals surface area contributed by atoms with Gasteiger partial charge >= 0.3 is 5.97 Å². The molecule has 5 heteroatoms. The number of carbonyl (C=O) groups is 2. The van der Waals surface area contributed by atoms with Crippen LogP contribution in [-0.2, 0) is 9.59 Å². The third kappa shape index (κ3) is 3.93. The molecule has 0 saturated carbocycles. The lowest BCUT2D eigenvalue weighted by molar-refractivity contribution is -0.131. The van der Waals surface area contributed by atoms with Gasteiger partial charge in [0.25, 0.3) is 5.91 Å². The highest BCUT2D eigenvalue weighted by Gasteiger charge is 2.09. The Labute approximate surface area is 105 Å². The highest BCUT2D eigenvalue weighted by atomic mass is 16.5. The van der Waals surface area contributed by atoms with Gasteiger partial charge in [-0.25, -0.2) is 4.79 Å². The van der Waals surface area contributed by atoms with Gasteiger partial charge in [0.05, 0.1) is 12.3 Å². The number of carboxylic acids is 1. The van der Waals surface area contributed by atoms with Crippen molar-refractivity contribution in [3.63, 3.8) is 0 Å². The van der Waals surface area contributed by atoms with Crippen LogP contribution in [0.15, 0.2) is 35.9 Å². The third-order valence-corrected chi connectivity index (χ3v) is 2.13. The fourth-order valence-corrected chi connectivity index (χ4v) is 1.32. The third-order valence-electron chi connectivity index (χ3n) is 2.13. The molecule has 0 spiro atoms. The van der Waals surface area contributed by atoms with Gasteiger partial charge in [0.15, 0.2) is 0 Å². The molecule has 0 aliphatic rings. The molecule has 0 fully saturated rings. The van der Waals surface area contributed by atoms with E-state index in [9.17, 15) is 9.59 Å². The van der Waals surface area contributed by atoms with E-state index in [1.807, 2.05) is 6.92 Å². The predicted octanol–water partition coefficient (Wildman–Crippen LogP) is 2.05. The Hall–Kier alpha value is -2.30. The number of hydrogen-bond donors (Lipinski definition) is 2. The number of rotatable bonds is 5. The average Bonchev–Trinajstić information content (AvgIpc) is 2.31. The van der Waals surface area contributed by atoms with Gasteiger partial charge in [-0.15, -0.1) is 0 Å². The van der Waals surface area contributed by atoms with Crippen LogP contribution in [0.3, 0.4) is 0 Å². The van der Waals surface area contributed by atoms with E-state index in [1.54, 1.807) is 24.3 Å². The number of para-hydroxylation sites is 2. The van der Waals surface area contributed by atoms with Crippen LogP contribution in [0.5, 0.6) is 5.75 Å². The Bertz CT molecular complexity index is 480. The molecule has 1 amide bonds. The van der Waals surface area contributed by atoms with Crippen molar-refractivity contribution in [1.29, 1.82) is 0 Å². The van der Waals surface area contributed by atoms with Crippen molar-refractivity contribution in [2.45, 2.75) is 13.8 Å². The summed E-state index contributed by atoms with van der Waals surface area (Å²) in [5.74, 6) is -1.07. The van der Waals surface area contributed by atoms with Gasteiger partial charge < -0.3 is 15.2 Å². The molecule has 0 unspecified atom stereocenters. The quantitative estimate of drug-likeness (QED) is 0.783. The summed E-state index contributed by atoms with van der Waals surface area (Å²) >= 11 is 0. The summed E-state index contributed by atoms with van der Waals surface area (Å²) in [6, 6.07) is 6.97. The van der Waals surface area contributed by atoms with E-state index in [0.717, 1.165) is 6.08 Å². The molecule has 2 N–H and O–H groups in total. The van der Waals surface area contributed by atoms with Gasteiger partial charge in [-0.2, -0.15) is 0 Å². The summed E-state index contributed by atoms with van der Waals surface area (Å²) in [5, 5.41) is 11.2. The molecule has 0 saturated heterocycles. The standard InChI is InChI=1S/C13H15NO4/c1-3-18-11-7-5-4-6-10(11)14-13(17)9(2)8-12(15)16/h4-8H,3H2,1-2H3,(H,14,17)(H,15,16)/b9-8-. The first kappa shape index (κ1) is 13.8. The van der Waals surface area contributed by atoms with Crippen LogP contribution >= 0.6 is 0 Å². The van der Waals surface area contributed by atoms with Gasteiger partial charge in [-0.05, 0) is 26.0 Å². The Morgan fingerprint density at radius 2 is 2.06 bits per heavy atom. The SMILES string of the molecule is CCOc1ccccc1NC(=O)/C(C)=C\C(=O)O. The number of nitrogens with one attached hydrogen (secondary N) is 1. The molecule has 1 aromatic carbocycles. The predicted molar refractivity (Wildman–Crippen MR) is 67.6 cm³/mol. The second-order valence-electron chi connectivity index (χ2n) is 3.55. The maximum atomic E-state index is 11.7. The fraction of sp³-hybridized carbons (Fsp3) is 0.231. The number of hydrogen-bond acceptors (Lipinski definition) is 3. The molecule has 0 radical (unpaired) electrons. The highest BCUT2D eigenvalue weighted by molar-refractivity contribution is 6.06. The zero-order valence-corrected chi connectivity index (χ0v) is 10.3. The lowest BCUT2D eigenvalue weighted by atomic mass is 10.2. The first-order chi connectivity index (χ1) is 8.54. The van der Waals surface area contributed by atoms with Crippen molar-refractivity contribution < 1.29 is 19.4 Å². The Morgan fingerprint density at radius 3 is 2.67 bits per heavy atom. The normalized spacial score (nSPS) is 10.9. The highest BCUT2D eigenvalue weighted by Crippen LogP contribution is 2.24. The van der Waals surface area contributed by atoms with Crippen molar-refractivity contribution in [3.8, 4) is 5.75 Å². The zero-order chi connectivity index (χ0) is 13.5. The van der Waals surface area contributed by atoms with Crippen LogP contribution < -0.4 is 10.1 Å². The van der Waals surface area contributed by atoms with Gasteiger partial charge in [0.1, 0.15) is 5.75 Å². The van der Waals surface area contributed by atoms with Crippen molar-refractivity contribution >= 4 is 17.6 Å². The molecule has 0 aliphatic heterocycles. The lowest BCUT2D eigenvalue weighted by Gasteiger charge is -2.11. The minimum atomic E-state index is -1.15. The number of amides is 1. The zero-order valence-electron chi connectivity index (χ0n) is 10.3. The Kier molecular flexibility index (Phi) is 4.92. The maximum absolute atomic E-state index is 11.7. The molecule has 1 rings (SSSR count). The van der Waals surface area contributed by atoms with E-state index in [0.29, 0.717) is 18.0 Å². The topological polar surface area (TPSA) is 75.6 Å². The summed E-state index contributed by atoms with van der Waals surface area (Å²) in [7, 11) is 0. The maximum Gasteiger partial charge on any atom is 0.328 e. The van der Waals surface area contributed by atoms with Crippen LogP contribution in [0, 0.1) is 0 Å². The van der Waals surface area contributed by atoms with E-state index in [4.69, 9.17) is 9.84 Å². The van der Waals surface area contributed by atoms with Gasteiger partial charge in [0.2, 0.25) is 0 Å². The molecule has 0 bridgehead atoms. The first-order valence-corrected chi connectivity index (χ1v) is 5.49. The molecule has 0 atom stereocenters. The molecule has 0 aliphatic carbocycles. The number of benzene rings is 1. The minimum absolute atomic E-state index is 0.119. The molecule has 0 heterocycles. The van der Waals surface area contributed by atoms with Crippen LogP contribution in [0.4, 0.5) is 5.69 Å². The van der Waals surface area contributed by atoms with E-state index in [-0.39, 0.29) is 5.57 Å². The smallest absolute Gasteiger partial charge is 0.328 e. The van der Waals surface area contributed by atoms with Gasteiger partial charge in [-0.1, -0.05) is 12.1 Å². The summed E-state index contributed by atoms with van der Waals surface area (Å²) in [6.45, 7) is 3.76. The Balaban J connectivity index is 2.85. The minimum Gasteiger partial charge on any atom is -0.492 e. The van der Waals surface area contributed by atoms with Crippen molar-refractivity contribution in [3.05, 3.63) is 35.9 Å². The average molecular weight is 249 g/mol. The molecule has 18 heavy (non-hydrogen) atoms. The van der Waals surface area contributed by atoms with E-state index < -0.39 is 11.9 Å². The monoisotopic (exact) mass is 249 g/mol. The molecule has 1 aromatic rings. The molecule has 0 aromatic heterocycles. The summed E-state index contributed by atoms with van der Waals surface area (Å²) < 4.78 is 5.35. The molecule has 5 nitrogen and oxygen atoms in total. The summed E-state index contributed by atoms with van der Waals surface area (Å²) in [5.41, 5.74) is 0.635. The van der Waals surface area contributed by atoms with Gasteiger partial charge in [-0.3, -0.25) is 4.79 Å². The van der Waals surface area contributed by atoms with E-state index in [2.05, 4.69) is 5.32 Å². The van der Waals surface area contributed by atoms with Crippen molar-refractivity contribution in [1.82, 2.24) is 0 Å². The second-order valence-corrected chi connectivity index (χ2v) is 3.55. The van der Waals surface area contributed by atoms with Gasteiger partial charge in [0, 0.05) is 11.6 Å². The van der Waals surface area contributed by atoms with Crippen molar-refractivity contribution in [2.75, 3.05) is 11.9 Å².